The van der Waals surface area contributed by atoms with E-state index in [9.17, 15) is 4.79 Å². The molecule has 134 valence electrons. The molecule has 0 saturated carbocycles. The third-order valence-electron chi connectivity index (χ3n) is 4.10. The Hall–Kier alpha value is -2.53. The fourth-order valence-electron chi connectivity index (χ4n) is 2.73. The lowest BCUT2D eigenvalue weighted by Gasteiger charge is -2.24. The molecule has 0 aliphatic heterocycles. The zero-order chi connectivity index (χ0) is 18.4. The van der Waals surface area contributed by atoms with Gasteiger partial charge < -0.3 is 14.8 Å². The predicted octanol–water partition coefficient (Wildman–Crippen LogP) is 2.93. The summed E-state index contributed by atoms with van der Waals surface area (Å²) < 4.78 is 10.6. The molecular weight excluding hydrogens is 316 g/mol. The van der Waals surface area contributed by atoms with Crippen LogP contribution in [0.3, 0.4) is 0 Å². The largest absolute Gasteiger partial charge is 0.497 e. The summed E-state index contributed by atoms with van der Waals surface area (Å²) in [5.74, 6) is 1.39. The van der Waals surface area contributed by atoms with Crippen molar-refractivity contribution >= 4 is 5.91 Å². The number of amides is 1. The third kappa shape index (κ3) is 4.73. The van der Waals surface area contributed by atoms with Gasteiger partial charge in [-0.05, 0) is 44.8 Å². The highest BCUT2D eigenvalue weighted by Crippen LogP contribution is 2.24. The fourth-order valence-corrected chi connectivity index (χ4v) is 2.73. The summed E-state index contributed by atoms with van der Waals surface area (Å²) in [5.41, 5.74) is 3.00. The number of nitrogens with zero attached hydrogens (tertiary/aromatic N) is 1. The highest BCUT2D eigenvalue weighted by molar-refractivity contribution is 5.83. The number of methoxy groups -OCH3 is 2. The first-order valence-corrected chi connectivity index (χ1v) is 8.18. The SMILES string of the molecule is COc1ccc(OC)c(CNC(=O)[C@H](c2ccc(C)cc2)N(C)C)c1. The first kappa shape index (κ1) is 18.8. The van der Waals surface area contributed by atoms with Crippen molar-refractivity contribution in [3.05, 3.63) is 59.2 Å². The summed E-state index contributed by atoms with van der Waals surface area (Å²) in [6.45, 7) is 2.40. The normalized spacial score (nSPS) is 11.9. The summed E-state index contributed by atoms with van der Waals surface area (Å²) in [7, 11) is 7.03. The van der Waals surface area contributed by atoms with Crippen molar-refractivity contribution in [1.82, 2.24) is 10.2 Å². The summed E-state index contributed by atoms with van der Waals surface area (Å²) in [6.07, 6.45) is 0. The Labute approximate surface area is 149 Å². The summed E-state index contributed by atoms with van der Waals surface area (Å²) in [6, 6.07) is 13.2. The molecule has 2 rings (SSSR count). The van der Waals surface area contributed by atoms with Crippen LogP contribution in [-0.2, 0) is 11.3 Å². The molecule has 0 heterocycles. The number of carbonyl (C=O) groups excluding carboxylic acids is 1. The molecule has 5 nitrogen and oxygen atoms in total. The molecule has 0 aliphatic rings. The van der Waals surface area contributed by atoms with Crippen molar-refractivity contribution in [2.75, 3.05) is 28.3 Å². The van der Waals surface area contributed by atoms with E-state index in [4.69, 9.17) is 9.47 Å². The van der Waals surface area contributed by atoms with E-state index in [0.29, 0.717) is 6.54 Å². The Morgan fingerprint density at radius 1 is 1.08 bits per heavy atom. The minimum absolute atomic E-state index is 0.0567. The van der Waals surface area contributed by atoms with E-state index in [-0.39, 0.29) is 11.9 Å². The van der Waals surface area contributed by atoms with Gasteiger partial charge in [0, 0.05) is 12.1 Å². The Morgan fingerprint density at radius 2 is 1.76 bits per heavy atom. The van der Waals surface area contributed by atoms with Crippen molar-refractivity contribution in [1.29, 1.82) is 0 Å². The van der Waals surface area contributed by atoms with E-state index in [1.165, 1.54) is 5.56 Å². The van der Waals surface area contributed by atoms with Crippen molar-refractivity contribution in [3.63, 3.8) is 0 Å². The molecule has 0 bridgehead atoms. The maximum absolute atomic E-state index is 12.8. The van der Waals surface area contributed by atoms with E-state index in [2.05, 4.69) is 5.32 Å². The van der Waals surface area contributed by atoms with Gasteiger partial charge in [-0.25, -0.2) is 0 Å². The molecule has 1 atom stereocenters. The van der Waals surface area contributed by atoms with Gasteiger partial charge in [-0.15, -0.1) is 0 Å². The van der Waals surface area contributed by atoms with Crippen LogP contribution < -0.4 is 14.8 Å². The van der Waals surface area contributed by atoms with Crippen molar-refractivity contribution < 1.29 is 14.3 Å². The fraction of sp³-hybridized carbons (Fsp3) is 0.350. The molecule has 0 radical (unpaired) electrons. The second-order valence-electron chi connectivity index (χ2n) is 6.17. The lowest BCUT2D eigenvalue weighted by atomic mass is 10.0. The smallest absolute Gasteiger partial charge is 0.242 e. The molecule has 0 aromatic heterocycles. The summed E-state index contributed by atoms with van der Waals surface area (Å²) in [4.78, 5) is 14.7. The zero-order valence-electron chi connectivity index (χ0n) is 15.5. The molecule has 0 spiro atoms. The second kappa shape index (κ2) is 8.53. The number of ether oxygens (including phenoxy) is 2. The zero-order valence-corrected chi connectivity index (χ0v) is 15.5. The molecule has 0 fully saturated rings. The predicted molar refractivity (Wildman–Crippen MR) is 99.0 cm³/mol. The minimum atomic E-state index is -0.350. The summed E-state index contributed by atoms with van der Waals surface area (Å²) in [5, 5.41) is 3.00. The van der Waals surface area contributed by atoms with Crippen LogP contribution in [0.25, 0.3) is 0 Å². The van der Waals surface area contributed by atoms with Gasteiger partial charge in [0.25, 0.3) is 0 Å². The lowest BCUT2D eigenvalue weighted by molar-refractivity contribution is -0.125. The van der Waals surface area contributed by atoms with Crippen molar-refractivity contribution in [3.8, 4) is 11.5 Å². The van der Waals surface area contributed by atoms with Crippen LogP contribution >= 0.6 is 0 Å². The van der Waals surface area contributed by atoms with Crippen molar-refractivity contribution in [2.24, 2.45) is 0 Å². The number of nitrogens with one attached hydrogen (secondary N) is 1. The van der Waals surface area contributed by atoms with E-state index < -0.39 is 0 Å². The van der Waals surface area contributed by atoms with Gasteiger partial charge in [0.1, 0.15) is 17.5 Å². The van der Waals surface area contributed by atoms with Crippen LogP contribution in [0, 0.1) is 6.92 Å². The van der Waals surface area contributed by atoms with E-state index in [0.717, 1.165) is 22.6 Å². The van der Waals surface area contributed by atoms with E-state index >= 15 is 0 Å². The Kier molecular flexibility index (Phi) is 6.42. The molecule has 1 N–H and O–H groups in total. The van der Waals surface area contributed by atoms with Crippen LogP contribution in [0.4, 0.5) is 0 Å². The van der Waals surface area contributed by atoms with Gasteiger partial charge in [-0.2, -0.15) is 0 Å². The van der Waals surface area contributed by atoms with Gasteiger partial charge in [0.2, 0.25) is 5.91 Å². The number of hydrogen-bond acceptors (Lipinski definition) is 4. The molecule has 0 unspecified atom stereocenters. The Morgan fingerprint density at radius 3 is 2.32 bits per heavy atom. The van der Waals surface area contributed by atoms with Gasteiger partial charge in [0.05, 0.1) is 14.2 Å². The van der Waals surface area contributed by atoms with Gasteiger partial charge in [-0.1, -0.05) is 29.8 Å². The monoisotopic (exact) mass is 342 g/mol. The Bertz CT molecular complexity index is 711. The standard InChI is InChI=1S/C20H26N2O3/c1-14-6-8-15(9-7-14)19(22(2)3)20(23)21-13-16-12-17(24-4)10-11-18(16)25-5/h6-12,19H,13H2,1-5H3,(H,21,23)/t19-/m0/s1. The van der Waals surface area contributed by atoms with E-state index in [1.807, 2.05) is 68.4 Å². The van der Waals surface area contributed by atoms with Crippen molar-refractivity contribution in [2.45, 2.75) is 19.5 Å². The quantitative estimate of drug-likeness (QED) is 0.840. The first-order valence-electron chi connectivity index (χ1n) is 8.18. The van der Waals surface area contributed by atoms with Crippen LogP contribution in [-0.4, -0.2) is 39.1 Å². The highest BCUT2D eigenvalue weighted by atomic mass is 16.5. The Balaban J connectivity index is 2.15. The van der Waals surface area contributed by atoms with Crippen LogP contribution in [0.1, 0.15) is 22.7 Å². The number of carbonyl (C=O) groups is 1. The average Bonchev–Trinajstić information content (AvgIpc) is 2.61. The minimum Gasteiger partial charge on any atom is -0.497 e. The lowest BCUT2D eigenvalue weighted by Crippen LogP contribution is -2.36. The maximum atomic E-state index is 12.8. The molecule has 1 amide bonds. The van der Waals surface area contributed by atoms with Gasteiger partial charge >= 0.3 is 0 Å². The number of aryl methyl sites for hydroxylation is 1. The average molecular weight is 342 g/mol. The highest BCUT2D eigenvalue weighted by Gasteiger charge is 2.22. The number of likely N-dealkylation sites (N-methyl/N-ethyl adjacent to an activating group) is 1. The third-order valence-corrected chi connectivity index (χ3v) is 4.10. The molecule has 5 heteroatoms. The maximum Gasteiger partial charge on any atom is 0.242 e. The van der Waals surface area contributed by atoms with Crippen LogP contribution in [0.15, 0.2) is 42.5 Å². The molecule has 2 aromatic rings. The summed E-state index contributed by atoms with van der Waals surface area (Å²) >= 11 is 0. The van der Waals surface area contributed by atoms with Crippen LogP contribution in [0.2, 0.25) is 0 Å². The number of benzene rings is 2. The van der Waals surface area contributed by atoms with Gasteiger partial charge in [0.15, 0.2) is 0 Å². The topological polar surface area (TPSA) is 50.8 Å². The molecule has 25 heavy (non-hydrogen) atoms. The van der Waals surface area contributed by atoms with Gasteiger partial charge in [-0.3, -0.25) is 9.69 Å². The van der Waals surface area contributed by atoms with E-state index in [1.54, 1.807) is 14.2 Å². The molecule has 0 saturated heterocycles. The molecular formula is C20H26N2O3. The second-order valence-corrected chi connectivity index (χ2v) is 6.17. The molecule has 2 aromatic carbocycles. The molecule has 0 aliphatic carbocycles. The number of rotatable bonds is 7. The van der Waals surface area contributed by atoms with Crippen LogP contribution in [0.5, 0.6) is 11.5 Å². The first-order chi connectivity index (χ1) is 12.0. The number of hydrogen-bond donors (Lipinski definition) is 1.